The van der Waals surface area contributed by atoms with Crippen molar-refractivity contribution >= 4 is 0 Å². The van der Waals surface area contributed by atoms with Gasteiger partial charge in [-0.25, -0.2) is 0 Å². The lowest BCUT2D eigenvalue weighted by Crippen LogP contribution is -2.34. The van der Waals surface area contributed by atoms with E-state index in [0.29, 0.717) is 13.2 Å². The van der Waals surface area contributed by atoms with Gasteiger partial charge in [-0.2, -0.15) is 13.2 Å². The molecule has 1 aliphatic rings. The third-order valence-electron chi connectivity index (χ3n) is 3.98. The molecule has 1 aliphatic heterocycles. The summed E-state index contributed by atoms with van der Waals surface area (Å²) in [6, 6.07) is 5.81. The van der Waals surface area contributed by atoms with E-state index < -0.39 is 11.7 Å². The third kappa shape index (κ3) is 3.11. The Labute approximate surface area is 111 Å². The topological polar surface area (TPSA) is 9.23 Å². The van der Waals surface area contributed by atoms with Crippen LogP contribution in [0.5, 0.6) is 0 Å². The average molecular weight is 272 g/mol. The molecule has 0 atom stereocenters. The minimum absolute atomic E-state index is 0.145. The van der Waals surface area contributed by atoms with Gasteiger partial charge in [0.15, 0.2) is 0 Å². The molecule has 1 aromatic rings. The number of alkyl halides is 3. The lowest BCUT2D eigenvalue weighted by atomic mass is 9.71. The lowest BCUT2D eigenvalue weighted by Gasteiger charge is -2.38. The molecule has 2 rings (SSSR count). The second kappa shape index (κ2) is 5.53. The molecule has 0 radical (unpaired) electrons. The predicted octanol–water partition coefficient (Wildman–Crippen LogP) is 4.55. The maximum Gasteiger partial charge on any atom is 0.416 e. The van der Waals surface area contributed by atoms with Crippen LogP contribution in [0, 0.1) is 0 Å². The van der Waals surface area contributed by atoms with Gasteiger partial charge in [0.1, 0.15) is 0 Å². The summed E-state index contributed by atoms with van der Waals surface area (Å²) in [5.41, 5.74) is 0.119. The van der Waals surface area contributed by atoms with E-state index in [9.17, 15) is 13.2 Å². The molecule has 0 aromatic heterocycles. The van der Waals surface area contributed by atoms with Crippen LogP contribution in [0.1, 0.15) is 43.7 Å². The van der Waals surface area contributed by atoms with Gasteiger partial charge < -0.3 is 4.74 Å². The summed E-state index contributed by atoms with van der Waals surface area (Å²) in [5.74, 6) is 0. The van der Waals surface area contributed by atoms with Gasteiger partial charge >= 0.3 is 6.18 Å². The minimum atomic E-state index is -4.27. The van der Waals surface area contributed by atoms with Crippen molar-refractivity contribution in [3.63, 3.8) is 0 Å². The lowest BCUT2D eigenvalue weighted by molar-refractivity contribution is -0.137. The third-order valence-corrected chi connectivity index (χ3v) is 3.98. The van der Waals surface area contributed by atoms with Gasteiger partial charge in [0, 0.05) is 13.2 Å². The first kappa shape index (κ1) is 14.4. The monoisotopic (exact) mass is 272 g/mol. The SMILES string of the molecule is CCCC1(c2cccc(C(F)(F)F)c2)CCOCC1. The summed E-state index contributed by atoms with van der Waals surface area (Å²) in [6.07, 6.45) is -0.771. The van der Waals surface area contributed by atoms with Crippen LogP contribution in [0.3, 0.4) is 0 Å². The second-order valence-electron chi connectivity index (χ2n) is 5.22. The highest BCUT2D eigenvalue weighted by Crippen LogP contribution is 2.41. The summed E-state index contributed by atoms with van der Waals surface area (Å²) in [5, 5.41) is 0. The summed E-state index contributed by atoms with van der Waals surface area (Å²) in [4.78, 5) is 0. The average Bonchev–Trinajstić information content (AvgIpc) is 2.39. The molecule has 4 heteroatoms. The molecule has 1 nitrogen and oxygen atoms in total. The van der Waals surface area contributed by atoms with Crippen LogP contribution in [-0.2, 0) is 16.3 Å². The van der Waals surface area contributed by atoms with Crippen molar-refractivity contribution < 1.29 is 17.9 Å². The van der Waals surface area contributed by atoms with Crippen molar-refractivity contribution in [3.8, 4) is 0 Å². The molecule has 106 valence electrons. The Bertz CT molecular complexity index is 414. The standard InChI is InChI=1S/C15H19F3O/c1-2-6-14(7-9-19-10-8-14)12-4-3-5-13(11-12)15(16,17)18/h3-5,11H,2,6-10H2,1H3. The van der Waals surface area contributed by atoms with E-state index in [1.807, 2.05) is 6.07 Å². The number of hydrogen-bond donors (Lipinski definition) is 0. The van der Waals surface area contributed by atoms with Crippen LogP contribution in [0.4, 0.5) is 13.2 Å². The quantitative estimate of drug-likeness (QED) is 0.784. The Morgan fingerprint density at radius 3 is 2.47 bits per heavy atom. The van der Waals surface area contributed by atoms with Crippen molar-refractivity contribution in [1.82, 2.24) is 0 Å². The van der Waals surface area contributed by atoms with Crippen LogP contribution < -0.4 is 0 Å². The second-order valence-corrected chi connectivity index (χ2v) is 5.22. The fraction of sp³-hybridized carbons (Fsp3) is 0.600. The van der Waals surface area contributed by atoms with E-state index in [-0.39, 0.29) is 5.41 Å². The summed E-state index contributed by atoms with van der Waals surface area (Å²) >= 11 is 0. The number of benzene rings is 1. The Morgan fingerprint density at radius 2 is 1.89 bits per heavy atom. The molecule has 1 saturated heterocycles. The van der Waals surface area contributed by atoms with Crippen molar-refractivity contribution in [1.29, 1.82) is 0 Å². The van der Waals surface area contributed by atoms with Crippen LogP contribution in [0.2, 0.25) is 0 Å². The highest BCUT2D eigenvalue weighted by atomic mass is 19.4. The van der Waals surface area contributed by atoms with Crippen LogP contribution in [-0.4, -0.2) is 13.2 Å². The van der Waals surface area contributed by atoms with Gasteiger partial charge in [-0.3, -0.25) is 0 Å². The van der Waals surface area contributed by atoms with E-state index in [2.05, 4.69) is 6.92 Å². The minimum Gasteiger partial charge on any atom is -0.381 e. The fourth-order valence-corrected chi connectivity index (χ4v) is 2.95. The first-order valence-electron chi connectivity index (χ1n) is 6.73. The van der Waals surface area contributed by atoms with Crippen molar-refractivity contribution in [3.05, 3.63) is 35.4 Å². The van der Waals surface area contributed by atoms with E-state index >= 15 is 0 Å². The van der Waals surface area contributed by atoms with Crippen LogP contribution >= 0.6 is 0 Å². The van der Waals surface area contributed by atoms with Gasteiger partial charge in [0.2, 0.25) is 0 Å². The zero-order valence-electron chi connectivity index (χ0n) is 11.1. The Kier molecular flexibility index (Phi) is 4.19. The summed E-state index contributed by atoms with van der Waals surface area (Å²) in [7, 11) is 0. The highest BCUT2D eigenvalue weighted by Gasteiger charge is 2.36. The Morgan fingerprint density at radius 1 is 1.21 bits per heavy atom. The van der Waals surface area contributed by atoms with Crippen LogP contribution in [0.15, 0.2) is 24.3 Å². The molecule has 1 heterocycles. The van der Waals surface area contributed by atoms with Gasteiger partial charge in [-0.1, -0.05) is 31.5 Å². The molecule has 0 spiro atoms. The zero-order valence-corrected chi connectivity index (χ0v) is 11.1. The summed E-state index contributed by atoms with van der Waals surface area (Å²) in [6.45, 7) is 3.34. The Hall–Kier alpha value is -1.03. The summed E-state index contributed by atoms with van der Waals surface area (Å²) < 4.78 is 43.8. The highest BCUT2D eigenvalue weighted by molar-refractivity contribution is 5.32. The molecule has 0 saturated carbocycles. The largest absolute Gasteiger partial charge is 0.416 e. The first-order chi connectivity index (χ1) is 8.98. The molecule has 0 unspecified atom stereocenters. The van der Waals surface area contributed by atoms with Gasteiger partial charge in [0.25, 0.3) is 0 Å². The maximum atomic E-state index is 12.8. The molecular weight excluding hydrogens is 253 g/mol. The smallest absolute Gasteiger partial charge is 0.381 e. The van der Waals surface area contributed by atoms with Gasteiger partial charge in [0.05, 0.1) is 5.56 Å². The molecular formula is C15H19F3O. The van der Waals surface area contributed by atoms with Gasteiger partial charge in [-0.05, 0) is 36.3 Å². The van der Waals surface area contributed by atoms with E-state index in [1.54, 1.807) is 0 Å². The predicted molar refractivity (Wildman–Crippen MR) is 68.1 cm³/mol. The van der Waals surface area contributed by atoms with E-state index in [4.69, 9.17) is 4.74 Å². The first-order valence-corrected chi connectivity index (χ1v) is 6.73. The molecule has 0 N–H and O–H groups in total. The molecule has 0 bridgehead atoms. The van der Waals surface area contributed by atoms with Crippen molar-refractivity contribution in [2.45, 2.75) is 44.2 Å². The normalized spacial score (nSPS) is 19.4. The zero-order chi connectivity index (χ0) is 13.9. The van der Waals surface area contributed by atoms with Crippen LogP contribution in [0.25, 0.3) is 0 Å². The number of ether oxygens (including phenoxy) is 1. The molecule has 1 aromatic carbocycles. The number of hydrogen-bond acceptors (Lipinski definition) is 1. The van der Waals surface area contributed by atoms with E-state index in [0.717, 1.165) is 37.3 Å². The molecule has 0 aliphatic carbocycles. The van der Waals surface area contributed by atoms with Gasteiger partial charge in [-0.15, -0.1) is 0 Å². The maximum absolute atomic E-state index is 12.8. The molecule has 0 amide bonds. The number of rotatable bonds is 3. The fourth-order valence-electron chi connectivity index (χ4n) is 2.95. The van der Waals surface area contributed by atoms with E-state index in [1.165, 1.54) is 12.1 Å². The Balaban J connectivity index is 2.36. The van der Waals surface area contributed by atoms with Crippen molar-refractivity contribution in [2.75, 3.05) is 13.2 Å². The molecule has 19 heavy (non-hydrogen) atoms. The number of halogens is 3. The van der Waals surface area contributed by atoms with Crippen molar-refractivity contribution in [2.24, 2.45) is 0 Å². The molecule has 1 fully saturated rings.